The second kappa shape index (κ2) is 7.57. The van der Waals surface area contributed by atoms with Gasteiger partial charge in [-0.25, -0.2) is 13.2 Å². The molecule has 0 heterocycles. The lowest BCUT2D eigenvalue weighted by atomic mass is 10.1. The second-order valence-electron chi connectivity index (χ2n) is 5.51. The summed E-state index contributed by atoms with van der Waals surface area (Å²) in [5, 5.41) is 0. The van der Waals surface area contributed by atoms with Gasteiger partial charge in [-0.15, -0.1) is 0 Å². The maximum atomic E-state index is 12.2. The van der Waals surface area contributed by atoms with Crippen molar-refractivity contribution >= 4 is 15.8 Å². The minimum atomic E-state index is -3.39. The van der Waals surface area contributed by atoms with Crippen molar-refractivity contribution in [3.05, 3.63) is 53.1 Å². The Kier molecular flexibility index (Phi) is 5.69. The average molecular weight is 364 g/mol. The van der Waals surface area contributed by atoms with E-state index in [0.717, 1.165) is 17.4 Å². The predicted octanol–water partition coefficient (Wildman–Crippen LogP) is 2.77. The van der Waals surface area contributed by atoms with Crippen LogP contribution < -0.4 is 9.47 Å². The molecule has 0 aliphatic rings. The van der Waals surface area contributed by atoms with Gasteiger partial charge in [0.2, 0.25) is 0 Å². The molecular weight excluding hydrogens is 344 g/mol. The van der Waals surface area contributed by atoms with Crippen LogP contribution in [0.4, 0.5) is 0 Å². The highest BCUT2D eigenvalue weighted by Crippen LogP contribution is 2.30. The third-order valence-corrected chi connectivity index (χ3v) is 4.81. The summed E-state index contributed by atoms with van der Waals surface area (Å²) in [6, 6.07) is 9.30. The molecule has 25 heavy (non-hydrogen) atoms. The molecule has 2 aromatic carbocycles. The molecule has 0 aliphatic carbocycles. The topological polar surface area (TPSA) is 78.9 Å². The fraction of sp³-hybridized carbons (Fsp3) is 0.278. The zero-order chi connectivity index (χ0) is 18.6. The Morgan fingerprint density at radius 1 is 1.04 bits per heavy atom. The summed E-state index contributed by atoms with van der Waals surface area (Å²) in [6.07, 6.45) is 1.09. The van der Waals surface area contributed by atoms with E-state index >= 15 is 0 Å². The van der Waals surface area contributed by atoms with Gasteiger partial charge in [0, 0.05) is 6.26 Å². The summed E-state index contributed by atoms with van der Waals surface area (Å²) < 4.78 is 38.9. The van der Waals surface area contributed by atoms with E-state index < -0.39 is 15.8 Å². The van der Waals surface area contributed by atoms with Gasteiger partial charge in [-0.05, 0) is 48.4 Å². The summed E-state index contributed by atoms with van der Waals surface area (Å²) in [7, 11) is -0.313. The highest BCUT2D eigenvalue weighted by molar-refractivity contribution is 7.90. The first-order valence-corrected chi connectivity index (χ1v) is 9.34. The van der Waals surface area contributed by atoms with Crippen molar-refractivity contribution in [2.24, 2.45) is 0 Å². The normalized spacial score (nSPS) is 11.0. The van der Waals surface area contributed by atoms with Crippen molar-refractivity contribution in [3.63, 3.8) is 0 Å². The number of carbonyl (C=O) groups excluding carboxylic acids is 1. The van der Waals surface area contributed by atoms with Crippen LogP contribution in [0.15, 0.2) is 41.3 Å². The zero-order valence-electron chi connectivity index (χ0n) is 14.5. The van der Waals surface area contributed by atoms with Gasteiger partial charge in [0.15, 0.2) is 21.3 Å². The van der Waals surface area contributed by atoms with E-state index in [-0.39, 0.29) is 17.1 Å². The number of hydrogen-bond donors (Lipinski definition) is 0. The number of hydrogen-bond acceptors (Lipinski definition) is 6. The number of carbonyl (C=O) groups is 1. The van der Waals surface area contributed by atoms with E-state index in [2.05, 4.69) is 0 Å². The van der Waals surface area contributed by atoms with Gasteiger partial charge in [0.05, 0.1) is 24.7 Å². The van der Waals surface area contributed by atoms with Crippen LogP contribution in [-0.4, -0.2) is 34.9 Å². The van der Waals surface area contributed by atoms with Crippen molar-refractivity contribution in [3.8, 4) is 11.5 Å². The molecule has 0 fully saturated rings. The van der Waals surface area contributed by atoms with Gasteiger partial charge in [-0.2, -0.15) is 0 Å². The number of rotatable bonds is 6. The first-order chi connectivity index (χ1) is 11.8. The Hall–Kier alpha value is -2.54. The highest BCUT2D eigenvalue weighted by Gasteiger charge is 2.14. The Morgan fingerprint density at radius 2 is 1.68 bits per heavy atom. The summed E-state index contributed by atoms with van der Waals surface area (Å²) in [4.78, 5) is 12.3. The Bertz CT molecular complexity index is 886. The molecule has 0 amide bonds. The lowest BCUT2D eigenvalue weighted by molar-refractivity contribution is 0.0471. The molecular formula is C18H20O6S. The van der Waals surface area contributed by atoms with Crippen molar-refractivity contribution in [2.75, 3.05) is 20.5 Å². The summed E-state index contributed by atoms with van der Waals surface area (Å²) in [6.45, 7) is 1.91. The molecule has 0 bridgehead atoms. The van der Waals surface area contributed by atoms with E-state index in [9.17, 15) is 13.2 Å². The predicted molar refractivity (Wildman–Crippen MR) is 93.0 cm³/mol. The molecule has 0 aliphatic heterocycles. The zero-order valence-corrected chi connectivity index (χ0v) is 15.3. The number of benzene rings is 2. The smallest absolute Gasteiger partial charge is 0.338 e. The summed E-state index contributed by atoms with van der Waals surface area (Å²) in [5.41, 5.74) is 1.83. The minimum absolute atomic E-state index is 0.0358. The largest absolute Gasteiger partial charge is 0.493 e. The molecule has 0 saturated carbocycles. The third kappa shape index (κ3) is 4.51. The van der Waals surface area contributed by atoms with Crippen LogP contribution in [-0.2, 0) is 21.2 Å². The standard InChI is InChI=1S/C18H20O6S/c1-12-8-16(22-2)17(23-3)10-14(12)11-24-18(19)13-6-5-7-15(9-13)25(4,20)21/h5-10H,11H2,1-4H3. The Labute approximate surface area is 147 Å². The van der Waals surface area contributed by atoms with Gasteiger partial charge in [0.1, 0.15) is 6.61 Å². The van der Waals surface area contributed by atoms with Crippen LogP contribution in [0.3, 0.4) is 0 Å². The summed E-state index contributed by atoms with van der Waals surface area (Å²) in [5.74, 6) is 0.536. The van der Waals surface area contributed by atoms with E-state index in [1.165, 1.54) is 31.4 Å². The number of aryl methyl sites for hydroxylation is 1. The average Bonchev–Trinajstić information content (AvgIpc) is 2.59. The Balaban J connectivity index is 2.18. The van der Waals surface area contributed by atoms with Crippen LogP contribution in [0.2, 0.25) is 0 Å². The highest BCUT2D eigenvalue weighted by atomic mass is 32.2. The maximum Gasteiger partial charge on any atom is 0.338 e. The monoisotopic (exact) mass is 364 g/mol. The van der Waals surface area contributed by atoms with Crippen molar-refractivity contribution in [1.29, 1.82) is 0 Å². The van der Waals surface area contributed by atoms with E-state index in [4.69, 9.17) is 14.2 Å². The molecule has 0 spiro atoms. The number of esters is 1. The lowest BCUT2D eigenvalue weighted by Gasteiger charge is -2.13. The molecule has 0 saturated heterocycles. The van der Waals surface area contributed by atoms with Gasteiger partial charge < -0.3 is 14.2 Å². The van der Waals surface area contributed by atoms with Crippen LogP contribution in [0.5, 0.6) is 11.5 Å². The minimum Gasteiger partial charge on any atom is -0.493 e. The quantitative estimate of drug-likeness (QED) is 0.734. The van der Waals surface area contributed by atoms with Gasteiger partial charge >= 0.3 is 5.97 Å². The number of ether oxygens (including phenoxy) is 3. The van der Waals surface area contributed by atoms with Crippen LogP contribution in [0, 0.1) is 6.92 Å². The number of sulfone groups is 1. The molecule has 2 rings (SSSR count). The molecule has 0 atom stereocenters. The van der Waals surface area contributed by atoms with Crippen LogP contribution in [0.1, 0.15) is 21.5 Å². The fourth-order valence-electron chi connectivity index (χ4n) is 2.26. The Morgan fingerprint density at radius 3 is 2.28 bits per heavy atom. The molecule has 7 heteroatoms. The van der Waals surface area contributed by atoms with Gasteiger partial charge in [0.25, 0.3) is 0 Å². The lowest BCUT2D eigenvalue weighted by Crippen LogP contribution is -2.08. The van der Waals surface area contributed by atoms with Crippen LogP contribution in [0.25, 0.3) is 0 Å². The van der Waals surface area contributed by atoms with E-state index in [0.29, 0.717) is 11.5 Å². The molecule has 134 valence electrons. The molecule has 0 radical (unpaired) electrons. The fourth-order valence-corrected chi connectivity index (χ4v) is 2.93. The molecule has 2 aromatic rings. The second-order valence-corrected chi connectivity index (χ2v) is 7.53. The number of methoxy groups -OCH3 is 2. The maximum absolute atomic E-state index is 12.2. The van der Waals surface area contributed by atoms with E-state index in [1.807, 2.05) is 6.92 Å². The van der Waals surface area contributed by atoms with Crippen LogP contribution >= 0.6 is 0 Å². The van der Waals surface area contributed by atoms with E-state index in [1.54, 1.807) is 19.2 Å². The molecule has 6 nitrogen and oxygen atoms in total. The first-order valence-electron chi connectivity index (χ1n) is 7.45. The van der Waals surface area contributed by atoms with Crippen molar-refractivity contribution in [1.82, 2.24) is 0 Å². The summed E-state index contributed by atoms with van der Waals surface area (Å²) >= 11 is 0. The molecule has 0 unspecified atom stereocenters. The van der Waals surface area contributed by atoms with Gasteiger partial charge in [-0.1, -0.05) is 6.07 Å². The van der Waals surface area contributed by atoms with Gasteiger partial charge in [-0.3, -0.25) is 0 Å². The van der Waals surface area contributed by atoms with Crippen molar-refractivity contribution < 1.29 is 27.4 Å². The van der Waals surface area contributed by atoms with Crippen molar-refractivity contribution in [2.45, 2.75) is 18.4 Å². The molecule has 0 N–H and O–H groups in total. The first kappa shape index (κ1) is 18.8. The third-order valence-electron chi connectivity index (χ3n) is 3.70. The molecule has 0 aromatic heterocycles. The SMILES string of the molecule is COc1cc(C)c(COC(=O)c2cccc(S(C)(=O)=O)c2)cc1OC.